The summed E-state index contributed by atoms with van der Waals surface area (Å²) in [5.74, 6) is 1.73. The summed E-state index contributed by atoms with van der Waals surface area (Å²) in [6.07, 6.45) is 0. The second-order valence-electron chi connectivity index (χ2n) is 13.0. The highest BCUT2D eigenvalue weighted by Crippen LogP contribution is 2.43. The van der Waals surface area contributed by atoms with Crippen molar-refractivity contribution >= 4 is 65.4 Å². The first-order valence-corrected chi connectivity index (χ1v) is 17.3. The lowest BCUT2D eigenvalue weighted by atomic mass is 9.97. The molecule has 0 bridgehead atoms. The molecule has 0 aliphatic rings. The fraction of sp³-hybridized carbons (Fsp3) is 0. The normalized spacial score (nSPS) is 11.8. The van der Waals surface area contributed by atoms with Gasteiger partial charge in [0.15, 0.2) is 11.6 Å². The minimum atomic E-state index is 0.557. The van der Waals surface area contributed by atoms with Crippen molar-refractivity contribution in [2.75, 3.05) is 0 Å². The first-order valence-electron chi connectivity index (χ1n) is 17.3. The van der Waals surface area contributed by atoms with Crippen molar-refractivity contribution in [1.82, 2.24) is 24.5 Å². The van der Waals surface area contributed by atoms with Gasteiger partial charge < -0.3 is 4.42 Å². The molecular weight excluding hydrogens is 639 g/mol. The van der Waals surface area contributed by atoms with Gasteiger partial charge in [-0.25, -0.2) is 9.97 Å². The largest absolute Gasteiger partial charge is 0.455 e. The van der Waals surface area contributed by atoms with E-state index in [1.165, 1.54) is 0 Å². The van der Waals surface area contributed by atoms with Gasteiger partial charge in [0.05, 0.1) is 22.2 Å². The van der Waals surface area contributed by atoms with Gasteiger partial charge in [-0.1, -0.05) is 133 Å². The highest BCUT2D eigenvalue weighted by Gasteiger charge is 2.22. The van der Waals surface area contributed by atoms with Crippen molar-refractivity contribution in [3.8, 4) is 40.0 Å². The third-order valence-corrected chi connectivity index (χ3v) is 10.0. The Morgan fingerprint density at radius 2 is 1.02 bits per heavy atom. The predicted octanol–water partition coefficient (Wildman–Crippen LogP) is 11.6. The maximum atomic E-state index is 6.86. The number of benzene rings is 7. The molecule has 0 atom stereocenters. The van der Waals surface area contributed by atoms with Gasteiger partial charge in [0.1, 0.15) is 11.2 Å². The molecule has 0 spiro atoms. The fourth-order valence-electron chi connectivity index (χ4n) is 7.76. The van der Waals surface area contributed by atoms with Crippen LogP contribution in [0.5, 0.6) is 0 Å². The second kappa shape index (κ2) is 11.2. The Morgan fingerprint density at radius 3 is 1.77 bits per heavy atom. The van der Waals surface area contributed by atoms with E-state index in [1.807, 2.05) is 54.6 Å². The van der Waals surface area contributed by atoms with Crippen LogP contribution in [-0.2, 0) is 0 Å². The van der Waals surface area contributed by atoms with Crippen LogP contribution in [0, 0.1) is 0 Å². The Kier molecular flexibility index (Phi) is 6.15. The number of aromatic nitrogens is 5. The highest BCUT2D eigenvalue weighted by molar-refractivity contribution is 6.26. The maximum Gasteiger partial charge on any atom is 0.238 e. The number of hydrogen-bond donors (Lipinski definition) is 0. The summed E-state index contributed by atoms with van der Waals surface area (Å²) in [4.78, 5) is 20.7. The van der Waals surface area contributed by atoms with Crippen molar-refractivity contribution in [3.05, 3.63) is 164 Å². The van der Waals surface area contributed by atoms with Gasteiger partial charge in [-0.2, -0.15) is 9.97 Å². The summed E-state index contributed by atoms with van der Waals surface area (Å²) in [6, 6.07) is 56.0. The van der Waals surface area contributed by atoms with Crippen molar-refractivity contribution in [1.29, 1.82) is 0 Å². The van der Waals surface area contributed by atoms with Crippen LogP contribution in [-0.4, -0.2) is 24.5 Å². The molecule has 6 heteroatoms. The average Bonchev–Trinajstić information content (AvgIpc) is 3.77. The number of fused-ring (bicyclic) bond motifs is 10. The molecule has 0 aliphatic heterocycles. The van der Waals surface area contributed by atoms with Crippen LogP contribution in [0.2, 0.25) is 0 Å². The molecule has 0 N–H and O–H groups in total. The molecule has 11 rings (SSSR count). The average molecular weight is 666 g/mol. The predicted molar refractivity (Wildman–Crippen MR) is 211 cm³/mol. The Bertz CT molecular complexity index is 3130. The molecule has 242 valence electrons. The molecule has 0 unspecified atom stereocenters. The smallest absolute Gasteiger partial charge is 0.238 e. The van der Waals surface area contributed by atoms with Crippen molar-refractivity contribution in [3.63, 3.8) is 0 Å². The summed E-state index contributed by atoms with van der Waals surface area (Å²) in [7, 11) is 0. The summed E-state index contributed by atoms with van der Waals surface area (Å²) < 4.78 is 9.00. The van der Waals surface area contributed by atoms with Gasteiger partial charge in [0, 0.05) is 54.4 Å². The molecule has 52 heavy (non-hydrogen) atoms. The number of furan rings is 1. The Labute approximate surface area is 297 Å². The SMILES string of the molecule is c1ccc(-c2nc(-c3cccc4oc5c(ccc6c(-c7ccccc7)nc7ccccc7c65)c34)nc(-n3c4ccccc4c4ccccc43)n2)cc1. The van der Waals surface area contributed by atoms with Crippen molar-refractivity contribution in [2.45, 2.75) is 0 Å². The van der Waals surface area contributed by atoms with E-state index >= 15 is 0 Å². The van der Waals surface area contributed by atoms with Crippen LogP contribution in [0.25, 0.3) is 105 Å². The lowest BCUT2D eigenvalue weighted by molar-refractivity contribution is 0.673. The molecule has 0 aliphatic carbocycles. The Balaban J connectivity index is 1.22. The number of nitrogens with zero attached hydrogens (tertiary/aromatic N) is 5. The quantitative estimate of drug-likeness (QED) is 0.175. The van der Waals surface area contributed by atoms with E-state index in [0.29, 0.717) is 17.6 Å². The van der Waals surface area contributed by atoms with E-state index in [9.17, 15) is 0 Å². The van der Waals surface area contributed by atoms with E-state index in [4.69, 9.17) is 24.4 Å². The number of para-hydroxylation sites is 3. The first-order chi connectivity index (χ1) is 25.8. The van der Waals surface area contributed by atoms with Crippen molar-refractivity contribution < 1.29 is 4.42 Å². The zero-order valence-corrected chi connectivity index (χ0v) is 27.7. The molecule has 0 saturated heterocycles. The third-order valence-electron chi connectivity index (χ3n) is 10.0. The minimum Gasteiger partial charge on any atom is -0.455 e. The number of hydrogen-bond acceptors (Lipinski definition) is 5. The van der Waals surface area contributed by atoms with Crippen LogP contribution in [0.15, 0.2) is 168 Å². The number of pyridine rings is 1. The molecule has 0 saturated carbocycles. The lowest BCUT2D eigenvalue weighted by Crippen LogP contribution is -2.06. The van der Waals surface area contributed by atoms with Crippen LogP contribution < -0.4 is 0 Å². The zero-order chi connectivity index (χ0) is 34.2. The molecule has 0 fully saturated rings. The van der Waals surface area contributed by atoms with Gasteiger partial charge in [0.2, 0.25) is 5.95 Å². The molecule has 0 amide bonds. The summed E-state index contributed by atoms with van der Waals surface area (Å²) in [5, 5.41) is 7.37. The van der Waals surface area contributed by atoms with Crippen LogP contribution in [0.3, 0.4) is 0 Å². The number of rotatable bonds is 4. The Morgan fingerprint density at radius 1 is 0.404 bits per heavy atom. The molecule has 7 aromatic carbocycles. The molecular formula is C46H27N5O. The fourth-order valence-corrected chi connectivity index (χ4v) is 7.76. The summed E-state index contributed by atoms with van der Waals surface area (Å²) >= 11 is 0. The maximum absolute atomic E-state index is 6.86. The minimum absolute atomic E-state index is 0.557. The van der Waals surface area contributed by atoms with E-state index in [-0.39, 0.29) is 0 Å². The van der Waals surface area contributed by atoms with Crippen LogP contribution in [0.1, 0.15) is 0 Å². The van der Waals surface area contributed by atoms with Gasteiger partial charge >= 0.3 is 0 Å². The van der Waals surface area contributed by atoms with Gasteiger partial charge in [-0.3, -0.25) is 4.57 Å². The summed E-state index contributed by atoms with van der Waals surface area (Å²) in [6.45, 7) is 0. The highest BCUT2D eigenvalue weighted by atomic mass is 16.3. The van der Waals surface area contributed by atoms with Crippen LogP contribution in [0.4, 0.5) is 0 Å². The van der Waals surface area contributed by atoms with Gasteiger partial charge in [-0.15, -0.1) is 0 Å². The summed E-state index contributed by atoms with van der Waals surface area (Å²) in [5.41, 5.74) is 8.35. The monoisotopic (exact) mass is 665 g/mol. The van der Waals surface area contributed by atoms with Gasteiger partial charge in [-0.05, 0) is 30.3 Å². The van der Waals surface area contributed by atoms with E-state index in [1.54, 1.807) is 0 Å². The van der Waals surface area contributed by atoms with Crippen LogP contribution >= 0.6 is 0 Å². The lowest BCUT2D eigenvalue weighted by Gasteiger charge is -2.12. The molecule has 0 radical (unpaired) electrons. The van der Waals surface area contributed by atoms with E-state index < -0.39 is 0 Å². The molecule has 6 nitrogen and oxygen atoms in total. The topological polar surface area (TPSA) is 69.6 Å². The van der Waals surface area contributed by atoms with Gasteiger partial charge in [0.25, 0.3) is 0 Å². The van der Waals surface area contributed by atoms with E-state index in [0.717, 1.165) is 87.8 Å². The van der Waals surface area contributed by atoms with Crippen molar-refractivity contribution in [2.24, 2.45) is 0 Å². The standard InChI is InChI=1S/C46H27N5O/c1-3-14-28(15-4-1)42-33-26-27-34-40-35(21-13-25-39(40)52-43(34)41(33)32-20-7-10-22-36(32)47-42)45-48-44(29-16-5-2-6-17-29)49-46(50-45)51-37-23-11-8-18-30(37)31-19-9-12-24-38(31)51/h1-27H. The second-order valence-corrected chi connectivity index (χ2v) is 13.0. The Hall–Kier alpha value is -7.18. The van der Waals surface area contributed by atoms with E-state index in [2.05, 4.69) is 114 Å². The molecule has 11 aromatic rings. The molecule has 4 aromatic heterocycles. The zero-order valence-electron chi connectivity index (χ0n) is 27.7. The third kappa shape index (κ3) is 4.25. The first kappa shape index (κ1) is 28.6. The molecule has 4 heterocycles.